The van der Waals surface area contributed by atoms with Crippen molar-refractivity contribution < 1.29 is 4.79 Å². The number of amides is 1. The first-order valence-corrected chi connectivity index (χ1v) is 8.21. The van der Waals surface area contributed by atoms with Crippen LogP contribution in [0.5, 0.6) is 0 Å². The van der Waals surface area contributed by atoms with E-state index in [1.807, 2.05) is 36.4 Å². The number of benzene rings is 1. The van der Waals surface area contributed by atoms with Gasteiger partial charge in [-0.1, -0.05) is 29.8 Å². The molecule has 0 bridgehead atoms. The van der Waals surface area contributed by atoms with Crippen LogP contribution >= 0.6 is 11.6 Å². The van der Waals surface area contributed by atoms with E-state index in [2.05, 4.69) is 20.6 Å². The van der Waals surface area contributed by atoms with E-state index in [1.165, 1.54) is 0 Å². The molecular weight excluding hydrogens is 336 g/mol. The van der Waals surface area contributed by atoms with Gasteiger partial charge in [-0.25, -0.2) is 0 Å². The maximum Gasteiger partial charge on any atom is 0.270 e. The van der Waals surface area contributed by atoms with Gasteiger partial charge in [0.15, 0.2) is 0 Å². The molecule has 0 atom stereocenters. The number of hydrogen-bond donors (Lipinski definition) is 2. The first-order chi connectivity index (χ1) is 12.2. The number of nitrogens with zero attached hydrogens (tertiary/aromatic N) is 2. The Bertz CT molecular complexity index is 838. The van der Waals surface area contributed by atoms with Crippen LogP contribution in [-0.2, 0) is 13.1 Å². The summed E-state index contributed by atoms with van der Waals surface area (Å²) in [5.41, 5.74) is 3.08. The van der Waals surface area contributed by atoms with Crippen molar-refractivity contribution in [1.82, 2.24) is 15.3 Å². The van der Waals surface area contributed by atoms with Crippen molar-refractivity contribution in [2.75, 3.05) is 5.32 Å². The standard InChI is InChI=1S/C19H17ClN4O/c20-15-6-4-14(5-7-15)12-24-19(25)18-11-16(8-10-22-18)23-13-17-3-1-2-9-21-17/h1-11H,12-13H2,(H,22,23)(H,24,25). The molecule has 3 rings (SSSR count). The summed E-state index contributed by atoms with van der Waals surface area (Å²) in [7, 11) is 0. The number of halogens is 1. The Morgan fingerprint density at radius 2 is 1.80 bits per heavy atom. The zero-order valence-corrected chi connectivity index (χ0v) is 14.2. The minimum absolute atomic E-state index is 0.226. The first-order valence-electron chi connectivity index (χ1n) is 7.83. The topological polar surface area (TPSA) is 66.9 Å². The third kappa shape index (κ3) is 5.02. The van der Waals surface area contributed by atoms with Crippen LogP contribution in [0.2, 0.25) is 5.02 Å². The van der Waals surface area contributed by atoms with Crippen LogP contribution in [0, 0.1) is 0 Å². The summed E-state index contributed by atoms with van der Waals surface area (Å²) < 4.78 is 0. The van der Waals surface area contributed by atoms with Gasteiger partial charge in [-0.05, 0) is 42.0 Å². The molecule has 5 nitrogen and oxygen atoms in total. The second-order valence-corrected chi connectivity index (χ2v) is 5.85. The van der Waals surface area contributed by atoms with Crippen LogP contribution in [-0.4, -0.2) is 15.9 Å². The predicted molar refractivity (Wildman–Crippen MR) is 98.4 cm³/mol. The lowest BCUT2D eigenvalue weighted by Gasteiger charge is -2.08. The largest absolute Gasteiger partial charge is 0.379 e. The van der Waals surface area contributed by atoms with Crippen LogP contribution in [0.25, 0.3) is 0 Å². The van der Waals surface area contributed by atoms with E-state index in [1.54, 1.807) is 30.6 Å². The van der Waals surface area contributed by atoms with Crippen LogP contribution in [0.1, 0.15) is 21.7 Å². The number of carbonyl (C=O) groups excluding carboxylic acids is 1. The second kappa shape index (κ2) is 8.26. The van der Waals surface area contributed by atoms with Gasteiger partial charge in [0.1, 0.15) is 5.69 Å². The average Bonchev–Trinajstić information content (AvgIpc) is 2.67. The molecule has 3 aromatic rings. The normalized spacial score (nSPS) is 10.3. The summed E-state index contributed by atoms with van der Waals surface area (Å²) in [5.74, 6) is -0.226. The maximum atomic E-state index is 12.3. The number of carbonyl (C=O) groups is 1. The van der Waals surface area contributed by atoms with E-state index in [4.69, 9.17) is 11.6 Å². The van der Waals surface area contributed by atoms with E-state index in [-0.39, 0.29) is 5.91 Å². The molecule has 0 saturated carbocycles. The van der Waals surface area contributed by atoms with Gasteiger partial charge >= 0.3 is 0 Å². The molecule has 0 saturated heterocycles. The number of anilines is 1. The zero-order valence-electron chi connectivity index (χ0n) is 13.4. The molecule has 6 heteroatoms. The van der Waals surface area contributed by atoms with E-state index in [9.17, 15) is 4.79 Å². The summed E-state index contributed by atoms with van der Waals surface area (Å²) in [5, 5.41) is 6.76. The Kier molecular flexibility index (Phi) is 5.59. The third-order valence-electron chi connectivity index (χ3n) is 3.56. The van der Waals surface area contributed by atoms with Gasteiger partial charge in [-0.15, -0.1) is 0 Å². The van der Waals surface area contributed by atoms with Crippen molar-refractivity contribution in [2.24, 2.45) is 0 Å². The molecule has 0 spiro atoms. The summed E-state index contributed by atoms with van der Waals surface area (Å²) in [6.07, 6.45) is 3.36. The van der Waals surface area contributed by atoms with Crippen molar-refractivity contribution in [1.29, 1.82) is 0 Å². The van der Waals surface area contributed by atoms with Crippen LogP contribution in [0.3, 0.4) is 0 Å². The van der Waals surface area contributed by atoms with Crippen molar-refractivity contribution in [3.05, 3.63) is 89.0 Å². The molecule has 0 unspecified atom stereocenters. The molecule has 0 aliphatic carbocycles. The van der Waals surface area contributed by atoms with Crippen molar-refractivity contribution >= 4 is 23.2 Å². The quantitative estimate of drug-likeness (QED) is 0.710. The molecule has 0 fully saturated rings. The highest BCUT2D eigenvalue weighted by atomic mass is 35.5. The van der Waals surface area contributed by atoms with E-state index < -0.39 is 0 Å². The summed E-state index contributed by atoms with van der Waals surface area (Å²) in [4.78, 5) is 20.7. The number of pyridine rings is 2. The number of nitrogens with one attached hydrogen (secondary N) is 2. The highest BCUT2D eigenvalue weighted by Crippen LogP contribution is 2.11. The smallest absolute Gasteiger partial charge is 0.270 e. The SMILES string of the molecule is O=C(NCc1ccc(Cl)cc1)c1cc(NCc2ccccn2)ccn1. The van der Waals surface area contributed by atoms with Gasteiger partial charge in [0.25, 0.3) is 5.91 Å². The van der Waals surface area contributed by atoms with E-state index >= 15 is 0 Å². The Morgan fingerprint density at radius 1 is 0.960 bits per heavy atom. The fraction of sp³-hybridized carbons (Fsp3) is 0.105. The highest BCUT2D eigenvalue weighted by molar-refractivity contribution is 6.30. The van der Waals surface area contributed by atoms with E-state index in [0.717, 1.165) is 16.9 Å². The summed E-state index contributed by atoms with van der Waals surface area (Å²) in [6, 6.07) is 16.6. The molecule has 0 radical (unpaired) electrons. The zero-order chi connectivity index (χ0) is 17.5. The Labute approximate surface area is 151 Å². The Morgan fingerprint density at radius 3 is 2.56 bits per heavy atom. The van der Waals surface area contributed by atoms with Crippen molar-refractivity contribution in [3.63, 3.8) is 0 Å². The van der Waals surface area contributed by atoms with Gasteiger partial charge < -0.3 is 10.6 Å². The number of rotatable bonds is 6. The number of hydrogen-bond acceptors (Lipinski definition) is 4. The van der Waals surface area contributed by atoms with Gasteiger partial charge in [0.2, 0.25) is 0 Å². The van der Waals surface area contributed by atoms with Gasteiger partial charge in [-0.3, -0.25) is 14.8 Å². The highest BCUT2D eigenvalue weighted by Gasteiger charge is 2.08. The van der Waals surface area contributed by atoms with Gasteiger partial charge in [0, 0.05) is 29.6 Å². The Hall–Kier alpha value is -2.92. The van der Waals surface area contributed by atoms with Crippen LogP contribution in [0.4, 0.5) is 5.69 Å². The molecule has 1 amide bonds. The maximum absolute atomic E-state index is 12.3. The van der Waals surface area contributed by atoms with Gasteiger partial charge in [0.05, 0.1) is 12.2 Å². The predicted octanol–water partition coefficient (Wildman–Crippen LogP) is 3.67. The van der Waals surface area contributed by atoms with Gasteiger partial charge in [-0.2, -0.15) is 0 Å². The average molecular weight is 353 g/mol. The van der Waals surface area contributed by atoms with Crippen molar-refractivity contribution in [3.8, 4) is 0 Å². The molecule has 2 heterocycles. The molecule has 2 aromatic heterocycles. The lowest BCUT2D eigenvalue weighted by atomic mass is 10.2. The molecule has 1 aromatic carbocycles. The van der Waals surface area contributed by atoms with Crippen molar-refractivity contribution in [2.45, 2.75) is 13.1 Å². The number of aromatic nitrogens is 2. The first kappa shape index (κ1) is 16.9. The molecule has 0 aliphatic heterocycles. The minimum Gasteiger partial charge on any atom is -0.379 e. The summed E-state index contributed by atoms with van der Waals surface area (Å²) in [6.45, 7) is 1.000. The van der Waals surface area contributed by atoms with Crippen LogP contribution < -0.4 is 10.6 Å². The fourth-order valence-electron chi connectivity index (χ4n) is 2.24. The monoisotopic (exact) mass is 352 g/mol. The third-order valence-corrected chi connectivity index (χ3v) is 3.81. The molecule has 126 valence electrons. The Balaban J connectivity index is 1.58. The molecule has 0 aliphatic rings. The molecular formula is C19H17ClN4O. The second-order valence-electron chi connectivity index (χ2n) is 5.41. The fourth-order valence-corrected chi connectivity index (χ4v) is 2.36. The lowest BCUT2D eigenvalue weighted by Crippen LogP contribution is -2.23. The lowest BCUT2D eigenvalue weighted by molar-refractivity contribution is 0.0946. The molecule has 25 heavy (non-hydrogen) atoms. The molecule has 2 N–H and O–H groups in total. The summed E-state index contributed by atoms with van der Waals surface area (Å²) >= 11 is 5.85. The minimum atomic E-state index is -0.226. The van der Waals surface area contributed by atoms with Crippen LogP contribution in [0.15, 0.2) is 67.0 Å². The van der Waals surface area contributed by atoms with E-state index in [0.29, 0.717) is 23.8 Å².